The van der Waals surface area contributed by atoms with E-state index in [4.69, 9.17) is 11.6 Å². The highest BCUT2D eigenvalue weighted by Gasteiger charge is 2.20. The number of carbonyl (C=O) groups is 1. The highest BCUT2D eigenvalue weighted by molar-refractivity contribution is 6.30. The molecule has 0 aliphatic carbocycles. The number of piperazine rings is 1. The van der Waals surface area contributed by atoms with Gasteiger partial charge in [-0.15, -0.1) is 0 Å². The maximum atomic E-state index is 12.4. The molecule has 138 valence electrons. The van der Waals surface area contributed by atoms with Gasteiger partial charge < -0.3 is 10.2 Å². The molecule has 2 aromatic carbocycles. The van der Waals surface area contributed by atoms with Crippen LogP contribution < -0.4 is 10.2 Å². The first kappa shape index (κ1) is 18.7. The number of amides is 1. The zero-order chi connectivity index (χ0) is 18.7. The lowest BCUT2D eigenvalue weighted by atomic mass is 10.1. The predicted octanol–water partition coefficient (Wildman–Crippen LogP) is 4.03. The number of hydrogen-bond acceptors (Lipinski definition) is 3. The van der Waals surface area contributed by atoms with E-state index >= 15 is 0 Å². The van der Waals surface area contributed by atoms with Crippen LogP contribution >= 0.6 is 11.6 Å². The maximum Gasteiger partial charge on any atom is 0.238 e. The van der Waals surface area contributed by atoms with E-state index in [0.29, 0.717) is 6.54 Å². The smallest absolute Gasteiger partial charge is 0.238 e. The Morgan fingerprint density at radius 2 is 1.77 bits per heavy atom. The number of anilines is 2. The van der Waals surface area contributed by atoms with E-state index in [9.17, 15) is 4.79 Å². The van der Waals surface area contributed by atoms with Crippen LogP contribution in [0.5, 0.6) is 0 Å². The van der Waals surface area contributed by atoms with Crippen molar-refractivity contribution in [2.75, 3.05) is 42.9 Å². The van der Waals surface area contributed by atoms with Crippen LogP contribution in [0.3, 0.4) is 0 Å². The summed E-state index contributed by atoms with van der Waals surface area (Å²) in [7, 11) is 0. The number of hydrogen-bond donors (Lipinski definition) is 1. The molecule has 0 unspecified atom stereocenters. The molecule has 2 aromatic rings. The van der Waals surface area contributed by atoms with Crippen LogP contribution in [0.1, 0.15) is 16.7 Å². The lowest BCUT2D eigenvalue weighted by Gasteiger charge is -2.36. The molecule has 0 spiro atoms. The summed E-state index contributed by atoms with van der Waals surface area (Å²) in [6.07, 6.45) is 0. The zero-order valence-electron chi connectivity index (χ0n) is 15.7. The molecule has 1 amide bonds. The third-order valence-electron chi connectivity index (χ3n) is 5.13. The first-order chi connectivity index (χ1) is 12.4. The molecular formula is C21H26ClN3O. The third-order valence-corrected chi connectivity index (χ3v) is 5.37. The molecule has 1 saturated heterocycles. The number of halogens is 1. The van der Waals surface area contributed by atoms with Crippen LogP contribution in [0.2, 0.25) is 5.02 Å². The number of nitrogens with one attached hydrogen (secondary N) is 1. The van der Waals surface area contributed by atoms with Gasteiger partial charge in [-0.2, -0.15) is 0 Å². The average Bonchev–Trinajstić information content (AvgIpc) is 2.62. The minimum absolute atomic E-state index is 0.0473. The number of rotatable bonds is 4. The summed E-state index contributed by atoms with van der Waals surface area (Å²) < 4.78 is 0. The Balaban J connectivity index is 1.54. The lowest BCUT2D eigenvalue weighted by molar-refractivity contribution is -0.117. The van der Waals surface area contributed by atoms with Crippen LogP contribution in [0.4, 0.5) is 11.4 Å². The van der Waals surface area contributed by atoms with Gasteiger partial charge in [0.25, 0.3) is 0 Å². The van der Waals surface area contributed by atoms with Crippen molar-refractivity contribution in [2.24, 2.45) is 0 Å². The molecule has 0 radical (unpaired) electrons. The van der Waals surface area contributed by atoms with E-state index in [2.05, 4.69) is 41.1 Å². The Kier molecular flexibility index (Phi) is 5.84. The van der Waals surface area contributed by atoms with Gasteiger partial charge >= 0.3 is 0 Å². The van der Waals surface area contributed by atoms with Crippen LogP contribution in [-0.2, 0) is 4.79 Å². The first-order valence-electron chi connectivity index (χ1n) is 9.03. The molecule has 0 aromatic heterocycles. The van der Waals surface area contributed by atoms with Gasteiger partial charge in [0.2, 0.25) is 5.91 Å². The Bertz CT molecular complexity index is 798. The lowest BCUT2D eigenvalue weighted by Crippen LogP contribution is -2.48. The van der Waals surface area contributed by atoms with E-state index < -0.39 is 0 Å². The summed E-state index contributed by atoms with van der Waals surface area (Å²) in [6, 6.07) is 12.0. The van der Waals surface area contributed by atoms with Gasteiger partial charge in [-0.3, -0.25) is 9.69 Å². The van der Waals surface area contributed by atoms with E-state index in [1.165, 1.54) is 16.8 Å². The summed E-state index contributed by atoms with van der Waals surface area (Å²) in [6.45, 7) is 10.2. The molecule has 1 aliphatic rings. The fraction of sp³-hybridized carbons (Fsp3) is 0.381. The Labute approximate surface area is 160 Å². The van der Waals surface area contributed by atoms with Crippen LogP contribution in [0, 0.1) is 20.8 Å². The second-order valence-corrected chi connectivity index (χ2v) is 7.43. The van der Waals surface area contributed by atoms with Crippen molar-refractivity contribution >= 4 is 28.9 Å². The number of benzene rings is 2. The predicted molar refractivity (Wildman–Crippen MR) is 109 cm³/mol. The van der Waals surface area contributed by atoms with Crippen molar-refractivity contribution in [1.82, 2.24) is 4.90 Å². The van der Waals surface area contributed by atoms with Gasteiger partial charge in [0.1, 0.15) is 0 Å². The van der Waals surface area contributed by atoms with Gasteiger partial charge in [-0.05, 0) is 55.7 Å². The third kappa shape index (κ3) is 4.37. The molecule has 1 aliphatic heterocycles. The van der Waals surface area contributed by atoms with Gasteiger partial charge in [0.05, 0.1) is 6.54 Å². The van der Waals surface area contributed by atoms with Crippen molar-refractivity contribution in [1.29, 1.82) is 0 Å². The fourth-order valence-electron chi connectivity index (χ4n) is 3.35. The number of aryl methyl sites for hydroxylation is 2. The van der Waals surface area contributed by atoms with Gasteiger partial charge in [0, 0.05) is 42.6 Å². The molecule has 3 rings (SSSR count). The second kappa shape index (κ2) is 8.11. The van der Waals surface area contributed by atoms with Crippen molar-refractivity contribution in [2.45, 2.75) is 20.8 Å². The Morgan fingerprint density at radius 3 is 2.50 bits per heavy atom. The standard InChI is InChI=1S/C21H26ClN3O/c1-15-5-4-6-19(17(15)3)23-21(26)14-24-9-11-25(12-10-24)20-13-18(22)8-7-16(20)2/h4-8,13H,9-12,14H2,1-3H3,(H,23,26). The van der Waals surface area contributed by atoms with Crippen LogP contribution in [0.25, 0.3) is 0 Å². The summed E-state index contributed by atoms with van der Waals surface area (Å²) in [4.78, 5) is 17.0. The number of nitrogens with zero attached hydrogens (tertiary/aromatic N) is 2. The van der Waals surface area contributed by atoms with Crippen molar-refractivity contribution < 1.29 is 4.79 Å². The summed E-state index contributed by atoms with van der Waals surface area (Å²) >= 11 is 6.14. The minimum Gasteiger partial charge on any atom is -0.369 e. The SMILES string of the molecule is Cc1ccc(Cl)cc1N1CCN(CC(=O)Nc2cccc(C)c2C)CC1. The van der Waals surface area contributed by atoms with Crippen LogP contribution in [0.15, 0.2) is 36.4 Å². The molecule has 1 N–H and O–H groups in total. The first-order valence-corrected chi connectivity index (χ1v) is 9.41. The fourth-order valence-corrected chi connectivity index (χ4v) is 3.52. The Morgan fingerprint density at radius 1 is 1.04 bits per heavy atom. The molecule has 1 heterocycles. The molecule has 4 nitrogen and oxygen atoms in total. The molecule has 0 atom stereocenters. The van der Waals surface area contributed by atoms with E-state index in [0.717, 1.165) is 42.5 Å². The largest absolute Gasteiger partial charge is 0.369 e. The summed E-state index contributed by atoms with van der Waals surface area (Å²) in [5.74, 6) is 0.0473. The molecule has 1 fully saturated rings. The van der Waals surface area contributed by atoms with Crippen molar-refractivity contribution in [3.05, 3.63) is 58.1 Å². The molecule has 26 heavy (non-hydrogen) atoms. The second-order valence-electron chi connectivity index (χ2n) is 6.99. The topological polar surface area (TPSA) is 35.6 Å². The monoisotopic (exact) mass is 371 g/mol. The highest BCUT2D eigenvalue weighted by atomic mass is 35.5. The zero-order valence-corrected chi connectivity index (χ0v) is 16.4. The summed E-state index contributed by atoms with van der Waals surface area (Å²) in [5, 5.41) is 3.81. The molecule has 0 saturated carbocycles. The van der Waals surface area contributed by atoms with Gasteiger partial charge in [-0.1, -0.05) is 29.8 Å². The van der Waals surface area contributed by atoms with E-state index in [1.807, 2.05) is 31.2 Å². The molecule has 0 bridgehead atoms. The quantitative estimate of drug-likeness (QED) is 0.881. The minimum atomic E-state index is 0.0473. The van der Waals surface area contributed by atoms with Crippen molar-refractivity contribution in [3.8, 4) is 0 Å². The maximum absolute atomic E-state index is 12.4. The van der Waals surface area contributed by atoms with E-state index in [-0.39, 0.29) is 5.91 Å². The molecular weight excluding hydrogens is 346 g/mol. The highest BCUT2D eigenvalue weighted by Crippen LogP contribution is 2.25. The summed E-state index contributed by atoms with van der Waals surface area (Å²) in [5.41, 5.74) is 5.64. The molecule has 5 heteroatoms. The Hall–Kier alpha value is -2.04. The average molecular weight is 372 g/mol. The van der Waals surface area contributed by atoms with Crippen LogP contribution in [-0.4, -0.2) is 43.5 Å². The van der Waals surface area contributed by atoms with Crippen molar-refractivity contribution in [3.63, 3.8) is 0 Å². The van der Waals surface area contributed by atoms with E-state index in [1.54, 1.807) is 0 Å². The normalized spacial score (nSPS) is 15.2. The van der Waals surface area contributed by atoms with Gasteiger partial charge in [0.15, 0.2) is 0 Å². The van der Waals surface area contributed by atoms with Gasteiger partial charge in [-0.25, -0.2) is 0 Å². The number of carbonyl (C=O) groups excluding carboxylic acids is 1.